The fourth-order valence-corrected chi connectivity index (χ4v) is 4.59. The van der Waals surface area contributed by atoms with Gasteiger partial charge in [-0.3, -0.25) is 4.90 Å². The summed E-state index contributed by atoms with van der Waals surface area (Å²) in [4.78, 5) is 25.4. The Morgan fingerprint density at radius 2 is 2.04 bits per heavy atom. The van der Waals surface area contributed by atoms with Crippen molar-refractivity contribution in [1.29, 1.82) is 0 Å². The number of aromatic nitrogens is 2. The molecule has 0 atom stereocenters. The second kappa shape index (κ2) is 6.39. The molecule has 6 nitrogen and oxygen atoms in total. The van der Waals surface area contributed by atoms with Gasteiger partial charge in [0.1, 0.15) is 17.7 Å². The molecule has 0 radical (unpaired) electrons. The van der Waals surface area contributed by atoms with E-state index < -0.39 is 5.60 Å². The highest BCUT2D eigenvalue weighted by Crippen LogP contribution is 2.36. The van der Waals surface area contributed by atoms with Gasteiger partial charge in [0.2, 0.25) is 0 Å². The SMILES string of the molecule is CC(C)(C)OC(=O)N1CCN(c2ncnc3cc(Br)sc23)CC1(C)C. The predicted molar refractivity (Wildman–Crippen MR) is 104 cm³/mol. The van der Waals surface area contributed by atoms with Crippen molar-refractivity contribution >= 4 is 49.4 Å². The Morgan fingerprint density at radius 3 is 2.68 bits per heavy atom. The van der Waals surface area contributed by atoms with Gasteiger partial charge in [-0.2, -0.15) is 0 Å². The van der Waals surface area contributed by atoms with Crippen LogP contribution in [0.3, 0.4) is 0 Å². The summed E-state index contributed by atoms with van der Waals surface area (Å²) in [6.07, 6.45) is 1.34. The molecule has 3 rings (SSSR count). The third-order valence-corrected chi connectivity index (χ3v) is 5.70. The highest BCUT2D eigenvalue weighted by molar-refractivity contribution is 9.11. The molecule has 0 aliphatic carbocycles. The van der Waals surface area contributed by atoms with E-state index in [4.69, 9.17) is 4.74 Å². The number of carbonyl (C=O) groups is 1. The second-order valence-corrected chi connectivity index (χ2v) is 10.3. The minimum Gasteiger partial charge on any atom is -0.444 e. The summed E-state index contributed by atoms with van der Waals surface area (Å²) in [5.41, 5.74) is 0.0906. The monoisotopic (exact) mass is 426 g/mol. The van der Waals surface area contributed by atoms with E-state index in [0.717, 1.165) is 19.8 Å². The van der Waals surface area contributed by atoms with Gasteiger partial charge >= 0.3 is 6.09 Å². The minimum absolute atomic E-state index is 0.260. The molecule has 0 aromatic carbocycles. The lowest BCUT2D eigenvalue weighted by atomic mass is 9.99. The Bertz CT molecular complexity index is 800. The first-order chi connectivity index (χ1) is 11.6. The van der Waals surface area contributed by atoms with Gasteiger partial charge in [-0.05, 0) is 56.6 Å². The van der Waals surface area contributed by atoms with E-state index in [9.17, 15) is 4.79 Å². The number of hydrogen-bond donors (Lipinski definition) is 0. The second-order valence-electron chi connectivity index (χ2n) is 7.83. The number of piperazine rings is 1. The Balaban J connectivity index is 1.83. The van der Waals surface area contributed by atoms with Crippen molar-refractivity contribution in [3.63, 3.8) is 0 Å². The standard InChI is InChI=1S/C17H23BrN4O2S/c1-16(2,3)24-15(23)22-7-6-21(9-17(22,4)5)14-13-11(19-10-20-14)8-12(18)25-13/h8,10H,6-7,9H2,1-5H3. The number of ether oxygens (including phenoxy) is 1. The van der Waals surface area contributed by atoms with Crippen LogP contribution >= 0.6 is 27.3 Å². The van der Waals surface area contributed by atoms with E-state index >= 15 is 0 Å². The van der Waals surface area contributed by atoms with Gasteiger partial charge in [0.05, 0.1) is 19.5 Å². The zero-order valence-corrected chi connectivity index (χ0v) is 17.6. The highest BCUT2D eigenvalue weighted by Gasteiger charge is 2.39. The van der Waals surface area contributed by atoms with Crippen LogP contribution in [0.1, 0.15) is 34.6 Å². The normalized spacial score (nSPS) is 17.8. The number of anilines is 1. The van der Waals surface area contributed by atoms with Crippen molar-refractivity contribution in [1.82, 2.24) is 14.9 Å². The molecule has 1 aliphatic heterocycles. The number of carbonyl (C=O) groups excluding carboxylic acids is 1. The first kappa shape index (κ1) is 18.4. The van der Waals surface area contributed by atoms with Crippen molar-refractivity contribution in [3.8, 4) is 0 Å². The first-order valence-electron chi connectivity index (χ1n) is 8.22. The Kier molecular flexibility index (Phi) is 4.70. The van der Waals surface area contributed by atoms with Crippen LogP contribution in [0.4, 0.5) is 10.6 Å². The average Bonchev–Trinajstić information content (AvgIpc) is 2.83. The molecule has 1 fully saturated rings. The number of fused-ring (bicyclic) bond motifs is 1. The number of nitrogens with zero attached hydrogens (tertiary/aromatic N) is 4. The van der Waals surface area contributed by atoms with Gasteiger partial charge in [-0.25, -0.2) is 14.8 Å². The fourth-order valence-electron chi connectivity index (χ4n) is 3.03. The highest BCUT2D eigenvalue weighted by atomic mass is 79.9. The largest absolute Gasteiger partial charge is 0.444 e. The fraction of sp³-hybridized carbons (Fsp3) is 0.588. The summed E-state index contributed by atoms with van der Waals surface area (Å²) in [5, 5.41) is 0. The molecule has 1 aliphatic rings. The van der Waals surface area contributed by atoms with Crippen molar-refractivity contribution in [2.45, 2.75) is 45.8 Å². The molecule has 25 heavy (non-hydrogen) atoms. The molecule has 1 saturated heterocycles. The summed E-state index contributed by atoms with van der Waals surface area (Å²) < 4.78 is 7.67. The van der Waals surface area contributed by atoms with Crippen molar-refractivity contribution < 1.29 is 9.53 Å². The molecule has 1 amide bonds. The summed E-state index contributed by atoms with van der Waals surface area (Å²) in [6, 6.07) is 2.01. The van der Waals surface area contributed by atoms with Crippen molar-refractivity contribution in [3.05, 3.63) is 16.2 Å². The van der Waals surface area contributed by atoms with Crippen LogP contribution in [-0.2, 0) is 4.74 Å². The molecule has 0 spiro atoms. The molecule has 2 aromatic rings. The molecule has 0 unspecified atom stereocenters. The Labute approximate surface area is 160 Å². The van der Waals surface area contributed by atoms with Crippen LogP contribution in [0.25, 0.3) is 10.2 Å². The van der Waals surface area contributed by atoms with Crippen molar-refractivity contribution in [2.24, 2.45) is 0 Å². The van der Waals surface area contributed by atoms with E-state index in [2.05, 4.69) is 44.6 Å². The molecule has 136 valence electrons. The van der Waals surface area contributed by atoms with Crippen LogP contribution in [-0.4, -0.2) is 51.7 Å². The predicted octanol–water partition coefficient (Wildman–Crippen LogP) is 4.29. The van der Waals surface area contributed by atoms with E-state index in [-0.39, 0.29) is 11.6 Å². The lowest BCUT2D eigenvalue weighted by Gasteiger charge is -2.47. The molecular formula is C17H23BrN4O2S. The third kappa shape index (κ3) is 3.89. The van der Waals surface area contributed by atoms with E-state index in [1.54, 1.807) is 17.7 Å². The van der Waals surface area contributed by atoms with Gasteiger partial charge in [0.15, 0.2) is 0 Å². The molecular weight excluding hydrogens is 404 g/mol. The van der Waals surface area contributed by atoms with E-state index in [1.165, 1.54) is 0 Å². The van der Waals surface area contributed by atoms with E-state index in [0.29, 0.717) is 19.6 Å². The van der Waals surface area contributed by atoms with Gasteiger partial charge in [0.25, 0.3) is 0 Å². The van der Waals surface area contributed by atoms with Crippen LogP contribution < -0.4 is 4.90 Å². The first-order valence-corrected chi connectivity index (χ1v) is 9.83. The lowest BCUT2D eigenvalue weighted by molar-refractivity contribution is 0.000339. The number of hydrogen-bond acceptors (Lipinski definition) is 6. The van der Waals surface area contributed by atoms with E-state index in [1.807, 2.05) is 31.7 Å². The van der Waals surface area contributed by atoms with Gasteiger partial charge in [-0.15, -0.1) is 11.3 Å². The third-order valence-electron chi connectivity index (χ3n) is 4.08. The topological polar surface area (TPSA) is 58.6 Å². The number of halogens is 1. The number of rotatable bonds is 1. The molecule has 2 aromatic heterocycles. The smallest absolute Gasteiger partial charge is 0.410 e. The zero-order valence-electron chi connectivity index (χ0n) is 15.2. The van der Waals surface area contributed by atoms with Crippen LogP contribution in [0.2, 0.25) is 0 Å². The summed E-state index contributed by atoms with van der Waals surface area (Å²) in [7, 11) is 0. The summed E-state index contributed by atoms with van der Waals surface area (Å²) in [6.45, 7) is 11.8. The lowest BCUT2D eigenvalue weighted by Crippen LogP contribution is -2.62. The summed E-state index contributed by atoms with van der Waals surface area (Å²) >= 11 is 5.16. The molecule has 0 N–H and O–H groups in total. The zero-order chi connectivity index (χ0) is 18.4. The average molecular weight is 427 g/mol. The molecule has 8 heteroatoms. The van der Waals surface area contributed by atoms with Crippen molar-refractivity contribution in [2.75, 3.05) is 24.5 Å². The minimum atomic E-state index is -0.494. The number of thiophene rings is 1. The summed E-state index contributed by atoms with van der Waals surface area (Å²) in [5.74, 6) is 0.928. The van der Waals surface area contributed by atoms with Gasteiger partial charge in [-0.1, -0.05) is 0 Å². The number of amides is 1. The Hall–Kier alpha value is -1.41. The molecule has 0 bridgehead atoms. The maximum absolute atomic E-state index is 12.5. The Morgan fingerprint density at radius 1 is 1.32 bits per heavy atom. The maximum atomic E-state index is 12.5. The van der Waals surface area contributed by atoms with Crippen LogP contribution in [0.5, 0.6) is 0 Å². The van der Waals surface area contributed by atoms with Crippen LogP contribution in [0, 0.1) is 0 Å². The van der Waals surface area contributed by atoms with Gasteiger partial charge in [0, 0.05) is 19.6 Å². The maximum Gasteiger partial charge on any atom is 0.410 e. The quantitative estimate of drug-likeness (QED) is 0.680. The molecule has 0 saturated carbocycles. The van der Waals surface area contributed by atoms with Crippen LogP contribution in [0.15, 0.2) is 16.2 Å². The molecule has 3 heterocycles. The van der Waals surface area contributed by atoms with Gasteiger partial charge < -0.3 is 9.64 Å².